The molecule has 0 aliphatic carbocycles. The molecule has 0 atom stereocenters. The fourth-order valence-electron chi connectivity index (χ4n) is 1.93. The molecule has 1 heterocycles. The highest BCUT2D eigenvalue weighted by Gasteiger charge is 2.30. The number of nitrogen functional groups attached to an aromatic ring is 1. The highest BCUT2D eigenvalue weighted by molar-refractivity contribution is 6.07. The van der Waals surface area contributed by atoms with E-state index in [0.29, 0.717) is 16.5 Å². The van der Waals surface area contributed by atoms with Crippen LogP contribution in [0.4, 0.5) is 19.0 Å². The molecule has 4 nitrogen and oxygen atoms in total. The van der Waals surface area contributed by atoms with Gasteiger partial charge in [0.25, 0.3) is 0 Å². The number of fused-ring (bicyclic) bond motifs is 1. The standard InChI is InChI=1S/C13H13F3N4/c1-20(7-13(14,15)16)11-6-9(12(17)18)8-4-2-3-5-10(8)19-11/h2-6H,7H2,1H3,(H3,17,18). The van der Waals surface area contributed by atoms with Crippen LogP contribution in [-0.4, -0.2) is 30.6 Å². The van der Waals surface area contributed by atoms with Gasteiger partial charge in [0.2, 0.25) is 0 Å². The van der Waals surface area contributed by atoms with E-state index >= 15 is 0 Å². The average Bonchev–Trinajstić information content (AvgIpc) is 2.35. The van der Waals surface area contributed by atoms with Crippen LogP contribution in [0.1, 0.15) is 5.56 Å². The summed E-state index contributed by atoms with van der Waals surface area (Å²) >= 11 is 0. The number of nitrogens with zero attached hydrogens (tertiary/aromatic N) is 2. The zero-order chi connectivity index (χ0) is 14.9. The number of benzene rings is 1. The molecule has 0 saturated heterocycles. The maximum atomic E-state index is 12.4. The van der Waals surface area contributed by atoms with Gasteiger partial charge >= 0.3 is 6.18 Å². The monoisotopic (exact) mass is 282 g/mol. The number of hydrogen-bond acceptors (Lipinski definition) is 3. The van der Waals surface area contributed by atoms with Gasteiger partial charge in [0.1, 0.15) is 18.2 Å². The third kappa shape index (κ3) is 2.98. The lowest BCUT2D eigenvalue weighted by Gasteiger charge is -2.21. The topological polar surface area (TPSA) is 66.0 Å². The molecule has 1 aromatic carbocycles. The molecule has 20 heavy (non-hydrogen) atoms. The molecular formula is C13H13F3N4. The van der Waals surface area contributed by atoms with E-state index in [9.17, 15) is 13.2 Å². The number of alkyl halides is 3. The first-order valence-corrected chi connectivity index (χ1v) is 5.80. The summed E-state index contributed by atoms with van der Waals surface area (Å²) in [6, 6.07) is 8.29. The van der Waals surface area contributed by atoms with Gasteiger partial charge in [-0.2, -0.15) is 13.2 Å². The van der Waals surface area contributed by atoms with Gasteiger partial charge in [0.05, 0.1) is 5.52 Å². The van der Waals surface area contributed by atoms with Gasteiger partial charge in [-0.05, 0) is 12.1 Å². The molecule has 106 valence electrons. The summed E-state index contributed by atoms with van der Waals surface area (Å²) in [6.07, 6.45) is -4.32. The molecule has 0 radical (unpaired) electrons. The predicted octanol–water partition coefficient (Wildman–Crippen LogP) is 2.52. The average molecular weight is 282 g/mol. The Kier molecular flexibility index (Phi) is 3.52. The molecule has 0 aliphatic heterocycles. The van der Waals surface area contributed by atoms with Crippen molar-refractivity contribution in [2.24, 2.45) is 5.73 Å². The highest BCUT2D eigenvalue weighted by atomic mass is 19.4. The van der Waals surface area contributed by atoms with Gasteiger partial charge in [-0.3, -0.25) is 5.41 Å². The quantitative estimate of drug-likeness (QED) is 0.671. The first kappa shape index (κ1) is 14.1. The van der Waals surface area contributed by atoms with E-state index in [1.165, 1.54) is 13.1 Å². The molecule has 2 rings (SSSR count). The van der Waals surface area contributed by atoms with E-state index in [-0.39, 0.29) is 11.7 Å². The molecular weight excluding hydrogens is 269 g/mol. The van der Waals surface area contributed by atoms with Crippen molar-refractivity contribution in [3.63, 3.8) is 0 Å². The van der Waals surface area contributed by atoms with E-state index in [1.54, 1.807) is 24.3 Å². The van der Waals surface area contributed by atoms with Gasteiger partial charge in [0, 0.05) is 18.0 Å². The maximum Gasteiger partial charge on any atom is 0.405 e. The molecule has 0 aliphatic rings. The lowest BCUT2D eigenvalue weighted by Crippen LogP contribution is -2.31. The molecule has 0 unspecified atom stereocenters. The first-order valence-electron chi connectivity index (χ1n) is 5.80. The number of rotatable bonds is 3. The number of amidine groups is 1. The molecule has 0 fully saturated rings. The van der Waals surface area contributed by atoms with Gasteiger partial charge in [-0.25, -0.2) is 4.98 Å². The Morgan fingerprint density at radius 3 is 2.60 bits per heavy atom. The van der Waals surface area contributed by atoms with Gasteiger partial charge < -0.3 is 10.6 Å². The van der Waals surface area contributed by atoms with Crippen LogP contribution in [0.25, 0.3) is 10.9 Å². The van der Waals surface area contributed by atoms with Gasteiger partial charge in [-0.15, -0.1) is 0 Å². The second-order valence-corrected chi connectivity index (χ2v) is 4.43. The van der Waals surface area contributed by atoms with Crippen LogP contribution >= 0.6 is 0 Å². The normalized spacial score (nSPS) is 11.6. The van der Waals surface area contributed by atoms with Crippen molar-refractivity contribution in [1.29, 1.82) is 5.41 Å². The molecule has 0 amide bonds. The Morgan fingerprint density at radius 1 is 1.35 bits per heavy atom. The number of para-hydroxylation sites is 1. The molecule has 2 aromatic rings. The van der Waals surface area contributed by atoms with Crippen LogP contribution in [0, 0.1) is 5.41 Å². The van der Waals surface area contributed by atoms with E-state index in [2.05, 4.69) is 4.98 Å². The SMILES string of the molecule is CN(CC(F)(F)F)c1cc(C(=N)N)c2ccccc2n1. The maximum absolute atomic E-state index is 12.4. The second kappa shape index (κ2) is 4.99. The first-order chi connectivity index (χ1) is 9.28. The van der Waals surface area contributed by atoms with E-state index in [0.717, 1.165) is 4.90 Å². The largest absolute Gasteiger partial charge is 0.405 e. The summed E-state index contributed by atoms with van der Waals surface area (Å²) in [5.41, 5.74) is 6.37. The number of anilines is 1. The fraction of sp³-hybridized carbons (Fsp3) is 0.231. The Labute approximate surface area is 113 Å². The van der Waals surface area contributed by atoms with Crippen molar-refractivity contribution in [3.05, 3.63) is 35.9 Å². The highest BCUT2D eigenvalue weighted by Crippen LogP contribution is 2.24. The number of halogens is 3. The second-order valence-electron chi connectivity index (χ2n) is 4.43. The molecule has 0 spiro atoms. The third-order valence-corrected chi connectivity index (χ3v) is 2.80. The molecule has 3 N–H and O–H groups in total. The summed E-state index contributed by atoms with van der Waals surface area (Å²) in [4.78, 5) is 5.16. The molecule has 0 saturated carbocycles. The summed E-state index contributed by atoms with van der Waals surface area (Å²) in [5, 5.41) is 8.19. The van der Waals surface area contributed by atoms with Crippen LogP contribution in [0.2, 0.25) is 0 Å². The summed E-state index contributed by atoms with van der Waals surface area (Å²) in [5.74, 6) is -0.0727. The zero-order valence-corrected chi connectivity index (χ0v) is 10.7. The van der Waals surface area contributed by atoms with E-state index in [4.69, 9.17) is 11.1 Å². The number of nitrogens with one attached hydrogen (secondary N) is 1. The summed E-state index contributed by atoms with van der Waals surface area (Å²) < 4.78 is 37.3. The minimum atomic E-state index is -4.32. The van der Waals surface area contributed by atoms with Gasteiger partial charge in [-0.1, -0.05) is 18.2 Å². The molecule has 0 bridgehead atoms. The molecule has 1 aromatic heterocycles. The van der Waals surface area contributed by atoms with Crippen molar-refractivity contribution in [3.8, 4) is 0 Å². The number of aromatic nitrogens is 1. The number of nitrogens with two attached hydrogens (primary N) is 1. The van der Waals surface area contributed by atoms with Crippen molar-refractivity contribution < 1.29 is 13.2 Å². The lowest BCUT2D eigenvalue weighted by molar-refractivity contribution is -0.119. The minimum Gasteiger partial charge on any atom is -0.384 e. The summed E-state index contributed by atoms with van der Waals surface area (Å²) in [6.45, 7) is -1.12. The smallest absolute Gasteiger partial charge is 0.384 e. The number of hydrogen-bond donors (Lipinski definition) is 2. The van der Waals surface area contributed by atoms with Crippen molar-refractivity contribution in [2.75, 3.05) is 18.5 Å². The van der Waals surface area contributed by atoms with E-state index < -0.39 is 12.7 Å². The Balaban J connectivity index is 2.53. The Bertz CT molecular complexity index is 652. The predicted molar refractivity (Wildman–Crippen MR) is 72.1 cm³/mol. The van der Waals surface area contributed by atoms with Crippen molar-refractivity contribution in [2.45, 2.75) is 6.18 Å². The van der Waals surface area contributed by atoms with Crippen molar-refractivity contribution >= 4 is 22.6 Å². The lowest BCUT2D eigenvalue weighted by atomic mass is 10.1. The number of pyridine rings is 1. The van der Waals surface area contributed by atoms with Gasteiger partial charge in [0.15, 0.2) is 0 Å². The van der Waals surface area contributed by atoms with Crippen LogP contribution in [-0.2, 0) is 0 Å². The zero-order valence-electron chi connectivity index (χ0n) is 10.7. The van der Waals surface area contributed by atoms with Crippen LogP contribution in [0.5, 0.6) is 0 Å². The Morgan fingerprint density at radius 2 is 2.00 bits per heavy atom. The minimum absolute atomic E-state index is 0.131. The van der Waals surface area contributed by atoms with Crippen LogP contribution in [0.15, 0.2) is 30.3 Å². The Hall–Kier alpha value is -2.31. The molecule has 7 heteroatoms. The third-order valence-electron chi connectivity index (χ3n) is 2.80. The summed E-state index contributed by atoms with van der Waals surface area (Å²) in [7, 11) is 1.30. The van der Waals surface area contributed by atoms with E-state index in [1.807, 2.05) is 0 Å². The van der Waals surface area contributed by atoms with Crippen molar-refractivity contribution in [1.82, 2.24) is 4.98 Å². The van der Waals surface area contributed by atoms with Crippen LogP contribution < -0.4 is 10.6 Å². The van der Waals surface area contributed by atoms with Crippen LogP contribution in [0.3, 0.4) is 0 Å². The fourth-order valence-corrected chi connectivity index (χ4v) is 1.93.